The third-order valence-corrected chi connectivity index (χ3v) is 4.28. The Labute approximate surface area is 148 Å². The van der Waals surface area contributed by atoms with E-state index in [9.17, 15) is 9.18 Å². The van der Waals surface area contributed by atoms with Gasteiger partial charge in [-0.25, -0.2) is 9.37 Å². The lowest BCUT2D eigenvalue weighted by atomic mass is 10.1. The van der Waals surface area contributed by atoms with Crippen molar-refractivity contribution in [3.63, 3.8) is 0 Å². The summed E-state index contributed by atoms with van der Waals surface area (Å²) in [6.07, 6.45) is 7.35. The van der Waals surface area contributed by atoms with E-state index in [-0.39, 0.29) is 5.56 Å². The van der Waals surface area contributed by atoms with Crippen LogP contribution in [0, 0.1) is 5.82 Å². The first-order valence-corrected chi connectivity index (χ1v) is 8.05. The third-order valence-electron chi connectivity index (χ3n) is 4.28. The fourth-order valence-corrected chi connectivity index (χ4v) is 2.93. The molecule has 6 nitrogen and oxygen atoms in total. The molecule has 0 radical (unpaired) electrons. The van der Waals surface area contributed by atoms with E-state index >= 15 is 0 Å². The Hall–Kier alpha value is -3.48. The molecular weight excluding hydrogens is 333 g/mol. The highest BCUT2D eigenvalue weighted by Gasteiger charge is 2.14. The summed E-state index contributed by atoms with van der Waals surface area (Å²) >= 11 is 0. The van der Waals surface area contributed by atoms with Crippen LogP contribution in [0.15, 0.2) is 55.1 Å². The molecule has 3 heterocycles. The van der Waals surface area contributed by atoms with Gasteiger partial charge in [-0.05, 0) is 24.3 Å². The Morgan fingerprint density at radius 2 is 1.88 bits per heavy atom. The number of aromatic nitrogens is 4. The molecule has 0 aliphatic heterocycles. The highest BCUT2D eigenvalue weighted by Crippen LogP contribution is 2.26. The number of rotatable bonds is 3. The molecule has 0 saturated heterocycles. The number of nitrogens with one attached hydrogen (secondary N) is 1. The molecule has 0 bridgehead atoms. The second-order valence-corrected chi connectivity index (χ2v) is 5.97. The molecule has 0 aliphatic rings. The Bertz CT molecular complexity index is 1130. The average Bonchev–Trinajstić information content (AvgIpc) is 3.26. The molecule has 0 spiro atoms. The van der Waals surface area contributed by atoms with Crippen LogP contribution in [0.5, 0.6) is 0 Å². The number of imidazole rings is 1. The first-order chi connectivity index (χ1) is 12.6. The molecule has 0 aliphatic carbocycles. The van der Waals surface area contributed by atoms with Crippen molar-refractivity contribution < 1.29 is 9.18 Å². The van der Waals surface area contributed by atoms with E-state index in [1.165, 1.54) is 19.2 Å². The minimum Gasteiger partial charge on any atom is -0.355 e. The fraction of sp³-hybridized carbons (Fsp3) is 0.105. The van der Waals surface area contributed by atoms with Crippen molar-refractivity contribution >= 4 is 11.6 Å². The third kappa shape index (κ3) is 2.63. The molecule has 3 aromatic heterocycles. The summed E-state index contributed by atoms with van der Waals surface area (Å²) in [6, 6.07) is 8.42. The highest BCUT2D eigenvalue weighted by molar-refractivity contribution is 5.94. The van der Waals surface area contributed by atoms with Gasteiger partial charge in [0.25, 0.3) is 5.91 Å². The Morgan fingerprint density at radius 3 is 2.58 bits per heavy atom. The SMILES string of the molecule is CNC(=O)c1ccc(-c2cnc3ccc(-c4cnn(C)c4)cn23)cc1F. The number of aryl methyl sites for hydroxylation is 1. The van der Waals surface area contributed by atoms with Crippen LogP contribution in [0.3, 0.4) is 0 Å². The zero-order chi connectivity index (χ0) is 18.3. The van der Waals surface area contributed by atoms with Gasteiger partial charge in [0.05, 0.1) is 23.7 Å². The van der Waals surface area contributed by atoms with Gasteiger partial charge in [0.15, 0.2) is 0 Å². The maximum atomic E-state index is 14.3. The van der Waals surface area contributed by atoms with Gasteiger partial charge < -0.3 is 5.32 Å². The predicted molar refractivity (Wildman–Crippen MR) is 96.2 cm³/mol. The lowest BCUT2D eigenvalue weighted by molar-refractivity contribution is 0.0959. The van der Waals surface area contributed by atoms with Gasteiger partial charge in [-0.2, -0.15) is 5.10 Å². The summed E-state index contributed by atoms with van der Waals surface area (Å²) in [5.74, 6) is -1.02. The van der Waals surface area contributed by atoms with Crippen LogP contribution in [-0.4, -0.2) is 32.1 Å². The van der Waals surface area contributed by atoms with E-state index in [1.54, 1.807) is 23.1 Å². The molecule has 0 fully saturated rings. The number of halogens is 1. The summed E-state index contributed by atoms with van der Waals surface area (Å²) in [6.45, 7) is 0. The van der Waals surface area contributed by atoms with E-state index in [2.05, 4.69) is 15.4 Å². The van der Waals surface area contributed by atoms with E-state index in [1.807, 2.05) is 36.0 Å². The van der Waals surface area contributed by atoms with E-state index in [0.717, 1.165) is 22.5 Å². The van der Waals surface area contributed by atoms with Crippen LogP contribution in [0.1, 0.15) is 10.4 Å². The Kier molecular flexibility index (Phi) is 3.76. The average molecular weight is 349 g/mol. The monoisotopic (exact) mass is 349 g/mol. The smallest absolute Gasteiger partial charge is 0.253 e. The quantitative estimate of drug-likeness (QED) is 0.618. The number of pyridine rings is 1. The number of carbonyl (C=O) groups excluding carboxylic acids is 1. The standard InChI is InChI=1S/C19H16FN5O/c1-21-19(26)15-5-3-12(7-16(15)20)17-9-22-18-6-4-13(11-25(17)18)14-8-23-24(2)10-14/h3-11H,1-2H3,(H,21,26). The number of nitrogens with zero attached hydrogens (tertiary/aromatic N) is 4. The summed E-state index contributed by atoms with van der Waals surface area (Å²) in [5.41, 5.74) is 4.12. The molecule has 0 unspecified atom stereocenters. The van der Waals surface area contributed by atoms with Crippen LogP contribution in [0.2, 0.25) is 0 Å². The normalized spacial score (nSPS) is 11.0. The zero-order valence-corrected chi connectivity index (χ0v) is 14.3. The second kappa shape index (κ2) is 6.11. The number of fused-ring (bicyclic) bond motifs is 1. The van der Waals surface area contributed by atoms with Gasteiger partial charge in [0.2, 0.25) is 0 Å². The highest BCUT2D eigenvalue weighted by atomic mass is 19.1. The second-order valence-electron chi connectivity index (χ2n) is 5.97. The largest absolute Gasteiger partial charge is 0.355 e. The van der Waals surface area contributed by atoms with Gasteiger partial charge in [-0.15, -0.1) is 0 Å². The minimum absolute atomic E-state index is 0.0149. The molecule has 7 heteroatoms. The van der Waals surface area contributed by atoms with Crippen molar-refractivity contribution in [3.05, 3.63) is 66.5 Å². The van der Waals surface area contributed by atoms with E-state index in [4.69, 9.17) is 0 Å². The van der Waals surface area contributed by atoms with Crippen molar-refractivity contribution in [2.24, 2.45) is 7.05 Å². The van der Waals surface area contributed by atoms with E-state index in [0.29, 0.717) is 5.56 Å². The van der Waals surface area contributed by atoms with E-state index < -0.39 is 11.7 Å². The van der Waals surface area contributed by atoms with Crippen LogP contribution in [0.4, 0.5) is 4.39 Å². The maximum absolute atomic E-state index is 14.3. The molecule has 130 valence electrons. The molecule has 4 rings (SSSR count). The first kappa shape index (κ1) is 16.0. The molecule has 1 N–H and O–H groups in total. The first-order valence-electron chi connectivity index (χ1n) is 8.05. The molecule has 1 aromatic carbocycles. The number of amides is 1. The van der Waals surface area contributed by atoms with Gasteiger partial charge in [-0.3, -0.25) is 13.9 Å². The Balaban J connectivity index is 1.82. The zero-order valence-electron chi connectivity index (χ0n) is 14.3. The molecule has 1 amide bonds. The predicted octanol–water partition coefficient (Wildman–Crippen LogP) is 2.90. The Morgan fingerprint density at radius 1 is 1.08 bits per heavy atom. The van der Waals surface area contributed by atoms with Crippen LogP contribution in [-0.2, 0) is 7.05 Å². The topological polar surface area (TPSA) is 64.2 Å². The van der Waals surface area contributed by atoms with Crippen molar-refractivity contribution in [2.45, 2.75) is 0 Å². The molecule has 4 aromatic rings. The van der Waals surface area contributed by atoms with Crippen molar-refractivity contribution in [2.75, 3.05) is 7.05 Å². The van der Waals surface area contributed by atoms with Gasteiger partial charge in [0, 0.05) is 43.2 Å². The minimum atomic E-state index is -0.569. The van der Waals surface area contributed by atoms with Crippen molar-refractivity contribution in [1.82, 2.24) is 24.5 Å². The number of benzene rings is 1. The summed E-state index contributed by atoms with van der Waals surface area (Å²) < 4.78 is 18.0. The maximum Gasteiger partial charge on any atom is 0.253 e. The van der Waals surface area contributed by atoms with Crippen molar-refractivity contribution in [1.29, 1.82) is 0 Å². The number of hydrogen-bond donors (Lipinski definition) is 1. The lowest BCUT2D eigenvalue weighted by Gasteiger charge is -2.07. The molecule has 0 atom stereocenters. The van der Waals surface area contributed by atoms with Crippen LogP contribution < -0.4 is 5.32 Å². The number of carbonyl (C=O) groups is 1. The summed E-state index contributed by atoms with van der Waals surface area (Å²) in [4.78, 5) is 16.1. The molecule has 26 heavy (non-hydrogen) atoms. The van der Waals surface area contributed by atoms with Gasteiger partial charge in [-0.1, -0.05) is 6.07 Å². The van der Waals surface area contributed by atoms with Crippen LogP contribution in [0.25, 0.3) is 28.0 Å². The number of hydrogen-bond acceptors (Lipinski definition) is 3. The van der Waals surface area contributed by atoms with Gasteiger partial charge >= 0.3 is 0 Å². The molecule has 0 saturated carbocycles. The summed E-state index contributed by atoms with van der Waals surface area (Å²) in [5, 5.41) is 6.62. The van der Waals surface area contributed by atoms with Gasteiger partial charge in [0.1, 0.15) is 11.5 Å². The van der Waals surface area contributed by atoms with Crippen LogP contribution >= 0.6 is 0 Å². The summed E-state index contributed by atoms with van der Waals surface area (Å²) in [7, 11) is 3.33. The van der Waals surface area contributed by atoms with Crippen molar-refractivity contribution in [3.8, 4) is 22.4 Å². The fourth-order valence-electron chi connectivity index (χ4n) is 2.93. The molecular formula is C19H16FN5O. The lowest BCUT2D eigenvalue weighted by Crippen LogP contribution is -2.19.